The number of ketones is 2. The second-order valence-electron chi connectivity index (χ2n) is 15.1. The Morgan fingerprint density at radius 2 is 1.60 bits per heavy atom. The molecule has 20 heteroatoms. The number of amides is 2. The van der Waals surface area contributed by atoms with Crippen molar-refractivity contribution in [1.29, 1.82) is 5.26 Å². The molecule has 4 fully saturated rings. The van der Waals surface area contributed by atoms with Crippen molar-refractivity contribution in [3.8, 4) is 11.8 Å². The van der Waals surface area contributed by atoms with Crippen molar-refractivity contribution in [2.75, 3.05) is 78.6 Å². The van der Waals surface area contributed by atoms with Crippen LogP contribution in [0.5, 0.6) is 5.75 Å². The molecule has 1 aromatic carbocycles. The summed E-state index contributed by atoms with van der Waals surface area (Å²) in [5.74, 6) is -1.11. The second kappa shape index (κ2) is 22.1. The van der Waals surface area contributed by atoms with Gasteiger partial charge in [0.25, 0.3) is 0 Å². The van der Waals surface area contributed by atoms with Crippen LogP contribution in [0.25, 0.3) is 10.9 Å². The number of likely N-dealkylation sites (tertiary alicyclic amines) is 1. The van der Waals surface area contributed by atoms with E-state index in [4.69, 9.17) is 18.0 Å². The number of nitrogens with zero attached hydrogens (tertiary/aromatic N) is 7. The third-order valence-corrected chi connectivity index (χ3v) is 14.8. The van der Waals surface area contributed by atoms with E-state index in [1.165, 1.54) is 4.90 Å². The summed E-state index contributed by atoms with van der Waals surface area (Å²) in [6, 6.07) is 8.64. The largest absolute Gasteiger partial charge is 0.0146 e. The molecule has 4 atom stereocenters. The fourth-order valence-electron chi connectivity index (χ4n) is 7.76. The average molecular weight is 936 g/mol. The molecule has 60 heavy (non-hydrogen) atoms. The zero-order valence-electron chi connectivity index (χ0n) is 33.6. The van der Waals surface area contributed by atoms with Gasteiger partial charge in [-0.05, 0) is 43.5 Å². The molecule has 6 rings (SSSR count). The quantitative estimate of drug-likeness (QED) is 0.133. The zero-order chi connectivity index (χ0) is 42.4. The number of ether oxygens (including phenoxy) is 2. The van der Waals surface area contributed by atoms with E-state index in [2.05, 4.69) is 11.1 Å². The molecule has 0 aliphatic carbocycles. The van der Waals surface area contributed by atoms with Crippen molar-refractivity contribution in [2.24, 2.45) is 0 Å². The van der Waals surface area contributed by atoms with Crippen LogP contribution in [0.2, 0.25) is 0 Å². The van der Waals surface area contributed by atoms with Gasteiger partial charge in [0.1, 0.15) is 11.8 Å². The van der Waals surface area contributed by atoms with Gasteiger partial charge in [0, 0.05) is 36.5 Å². The maximum atomic E-state index is 13.2. The van der Waals surface area contributed by atoms with Crippen molar-refractivity contribution in [3.63, 3.8) is 0 Å². The Labute approximate surface area is 357 Å². The Kier molecular flexibility index (Phi) is 16.5. The van der Waals surface area contributed by atoms with E-state index in [9.17, 15) is 38.8 Å². The van der Waals surface area contributed by atoms with Crippen LogP contribution in [0.1, 0.15) is 68.1 Å². The van der Waals surface area contributed by atoms with Gasteiger partial charge in [0.2, 0.25) is 5.91 Å². The van der Waals surface area contributed by atoms with Gasteiger partial charge in [0.05, 0.1) is 18.2 Å². The van der Waals surface area contributed by atoms with Gasteiger partial charge in [-0.15, -0.1) is 0 Å². The average Bonchev–Trinajstić information content (AvgIpc) is 3.71. The van der Waals surface area contributed by atoms with Gasteiger partial charge in [0.15, 0.2) is 5.78 Å². The SMILES string of the molecule is N#C[C@@H]1CCCN1C(=O)CCC(=O)c1ccnc2ccc(OCCCCC(=O)CCC(OC=O)N3CCN4CCN5CCN(CC3)C(=O)[O][In]([O]C(=O)C5)[O]C(=O)C4)cc12. The summed E-state index contributed by atoms with van der Waals surface area (Å²) in [5.41, 5.74) is 1.05. The van der Waals surface area contributed by atoms with E-state index in [1.807, 2.05) is 14.7 Å². The maximum absolute atomic E-state index is 13.2. The van der Waals surface area contributed by atoms with Crippen molar-refractivity contribution in [1.82, 2.24) is 29.5 Å². The smallest absolute Gasteiger partial charge is 0.00980 e. The Morgan fingerprint density at radius 1 is 0.883 bits per heavy atom. The Bertz CT molecular complexity index is 1950. The summed E-state index contributed by atoms with van der Waals surface area (Å²) in [5, 5.41) is 9.93. The third-order valence-electron chi connectivity index (χ3n) is 11.1. The molecule has 4 saturated heterocycles. The Balaban J connectivity index is 0.986. The first-order chi connectivity index (χ1) is 29.1. The molecule has 5 heterocycles. The van der Waals surface area contributed by atoms with Gasteiger partial charge < -0.3 is 9.64 Å². The predicted octanol–water partition coefficient (Wildman–Crippen LogP) is 1.57. The van der Waals surface area contributed by atoms with Crippen LogP contribution in [0, 0.1) is 11.3 Å². The Morgan fingerprint density at radius 3 is 2.35 bits per heavy atom. The molecule has 1 aromatic heterocycles. The van der Waals surface area contributed by atoms with Crippen LogP contribution in [0.4, 0.5) is 4.79 Å². The topological polar surface area (TPSA) is 219 Å². The molecule has 4 bridgehead atoms. The molecule has 4 aliphatic heterocycles. The normalized spacial score (nSPS) is 22.0. The molecule has 2 aromatic rings. The summed E-state index contributed by atoms with van der Waals surface area (Å²) < 4.78 is 27.8. The van der Waals surface area contributed by atoms with Gasteiger partial charge in [-0.25, -0.2) is 0 Å². The number of carbonyl (C=O) groups excluding carboxylic acids is 7. The van der Waals surface area contributed by atoms with Gasteiger partial charge >= 0.3 is 207 Å². The van der Waals surface area contributed by atoms with Gasteiger partial charge in [-0.3, -0.25) is 14.6 Å². The molecule has 0 spiro atoms. The number of aromatic nitrogens is 1. The number of hydrogen-bond donors (Lipinski definition) is 0. The molecular formula is C40H50InN7O12. The van der Waals surface area contributed by atoms with E-state index >= 15 is 0 Å². The van der Waals surface area contributed by atoms with Crippen molar-refractivity contribution in [2.45, 2.75) is 70.1 Å². The number of nitriles is 1. The molecule has 0 N–H and O–H groups in total. The van der Waals surface area contributed by atoms with Gasteiger partial charge in [-0.2, -0.15) is 5.26 Å². The third kappa shape index (κ3) is 12.6. The number of fused-ring (bicyclic) bond motifs is 8. The standard InChI is InChI=1S/C40H53N7O12.In/c41-25-29-4-3-14-47(29)36(51)10-9-35(50)32-12-13-42-34-8-7-31(24-33(32)34)58-23-2-1-5-30(49)6-11-37(59-28-48)45-19-17-43(26-38(52)53)15-16-44(27-39(54)55)18-20-46(22-21-45)40(56)57;/h7-8,12-13,24,28-29,37H,1-6,9-11,14-23,26-27H2,(H,52,53)(H,54,55)(H,56,57);/q;+3/p-3/t29-,37?;/m0./s1. The first-order valence-corrected chi connectivity index (χ1v) is 24.5. The number of Topliss-reactive ketones (excluding diaryl/α,β-unsaturated/α-hetero) is 2. The molecule has 3 unspecified atom stereocenters. The molecule has 0 radical (unpaired) electrons. The zero-order valence-corrected chi connectivity index (χ0v) is 36.9. The molecule has 19 nitrogen and oxygen atoms in total. The fraction of sp³-hybridized carbons (Fsp3) is 0.575. The molecule has 4 aliphatic rings. The fourth-order valence-corrected chi connectivity index (χ4v) is 10.7. The summed E-state index contributed by atoms with van der Waals surface area (Å²) in [7, 11) is 0. The number of pyridine rings is 1. The number of unbranched alkanes of at least 4 members (excludes halogenated alkanes) is 1. The van der Waals surface area contributed by atoms with Crippen LogP contribution in [0.15, 0.2) is 30.5 Å². The number of benzene rings is 1. The monoisotopic (exact) mass is 935 g/mol. The summed E-state index contributed by atoms with van der Waals surface area (Å²) in [6.07, 6.45) is 3.30. The number of hydrogen-bond acceptors (Lipinski definition) is 17. The van der Waals surface area contributed by atoms with E-state index in [-0.39, 0.29) is 82.3 Å². The summed E-state index contributed by atoms with van der Waals surface area (Å²) in [6.45, 7) is 3.78. The first-order valence-electron chi connectivity index (χ1n) is 20.5. The molecule has 0 saturated carbocycles. The van der Waals surface area contributed by atoms with Crippen molar-refractivity contribution < 1.29 is 51.6 Å². The van der Waals surface area contributed by atoms with Crippen molar-refractivity contribution >= 4 is 75.6 Å². The molecular weight excluding hydrogens is 885 g/mol. The minimum absolute atomic E-state index is 0.0134. The predicted molar refractivity (Wildman–Crippen MR) is 211 cm³/mol. The van der Waals surface area contributed by atoms with Gasteiger partial charge in [-0.1, -0.05) is 0 Å². The Hall–Kier alpha value is -4.84. The maximum Gasteiger partial charge on any atom is 0.0146 e. The number of rotatable bonds is 16. The summed E-state index contributed by atoms with van der Waals surface area (Å²) in [4.78, 5) is 102. The van der Waals surface area contributed by atoms with E-state index < -0.39 is 53.0 Å². The molecule has 2 amide bonds. The summed E-state index contributed by atoms with van der Waals surface area (Å²) >= 11 is -4.30. The minimum atomic E-state index is -4.30. The first kappa shape index (κ1) is 44.7. The number of carbonyl (C=O) groups is 7. The van der Waals surface area contributed by atoms with Crippen LogP contribution in [0.3, 0.4) is 0 Å². The van der Waals surface area contributed by atoms with Crippen LogP contribution in [-0.2, 0) is 37.3 Å². The van der Waals surface area contributed by atoms with Crippen molar-refractivity contribution in [3.05, 3.63) is 36.0 Å². The van der Waals surface area contributed by atoms with E-state index in [1.54, 1.807) is 35.4 Å². The van der Waals surface area contributed by atoms with Crippen LogP contribution < -0.4 is 4.74 Å². The minimum Gasteiger partial charge on any atom is -0.00980 e. The van der Waals surface area contributed by atoms with E-state index in [0.717, 1.165) is 6.42 Å². The molecule has 320 valence electrons. The van der Waals surface area contributed by atoms with E-state index in [0.29, 0.717) is 93.8 Å². The van der Waals surface area contributed by atoms with Crippen LogP contribution >= 0.6 is 0 Å². The second-order valence-corrected chi connectivity index (χ2v) is 18.8. The van der Waals surface area contributed by atoms with Crippen LogP contribution in [-0.4, -0.2) is 185 Å².